The smallest absolute Gasteiger partial charge is 0.243 e. The van der Waals surface area contributed by atoms with Crippen molar-refractivity contribution in [2.45, 2.75) is 6.92 Å². The molecule has 0 aliphatic heterocycles. The van der Waals surface area contributed by atoms with Crippen LogP contribution in [0.5, 0.6) is 0 Å². The standard InChI is InChI=1S/C14H13BrN2O2/c1-9(18)16-8-14(19)17-13-5-3-10-6-12(15)4-2-11(10)7-13/h2-7H,8H2,1H3,(H,16,18)(H,17,19). The summed E-state index contributed by atoms with van der Waals surface area (Å²) in [5.74, 6) is -0.467. The van der Waals surface area contributed by atoms with Gasteiger partial charge in [0.2, 0.25) is 11.8 Å². The second-order valence-corrected chi connectivity index (χ2v) is 5.08. The molecule has 0 aliphatic rings. The minimum absolute atomic E-state index is 0.0201. The van der Waals surface area contributed by atoms with Gasteiger partial charge in [0.15, 0.2) is 0 Å². The van der Waals surface area contributed by atoms with Gasteiger partial charge in [-0.05, 0) is 35.0 Å². The van der Waals surface area contributed by atoms with E-state index in [-0.39, 0.29) is 18.4 Å². The summed E-state index contributed by atoms with van der Waals surface area (Å²) in [7, 11) is 0. The van der Waals surface area contributed by atoms with Crippen LogP contribution in [0.15, 0.2) is 40.9 Å². The van der Waals surface area contributed by atoms with Gasteiger partial charge in [0.1, 0.15) is 0 Å². The van der Waals surface area contributed by atoms with E-state index in [9.17, 15) is 9.59 Å². The first kappa shape index (κ1) is 13.5. The molecule has 98 valence electrons. The number of halogens is 1. The second-order valence-electron chi connectivity index (χ2n) is 4.16. The predicted octanol–water partition coefficient (Wildman–Crippen LogP) is 2.68. The Balaban J connectivity index is 2.11. The van der Waals surface area contributed by atoms with Gasteiger partial charge < -0.3 is 10.6 Å². The van der Waals surface area contributed by atoms with Crippen molar-refractivity contribution in [2.75, 3.05) is 11.9 Å². The van der Waals surface area contributed by atoms with Gasteiger partial charge in [-0.25, -0.2) is 0 Å². The third-order valence-corrected chi connectivity index (χ3v) is 3.08. The van der Waals surface area contributed by atoms with Crippen LogP contribution in [-0.2, 0) is 9.59 Å². The van der Waals surface area contributed by atoms with Crippen LogP contribution >= 0.6 is 15.9 Å². The van der Waals surface area contributed by atoms with Crippen molar-refractivity contribution in [1.82, 2.24) is 5.32 Å². The molecule has 0 saturated carbocycles. The number of amides is 2. The van der Waals surface area contributed by atoms with Gasteiger partial charge in [-0.15, -0.1) is 0 Å². The normalized spacial score (nSPS) is 10.2. The van der Waals surface area contributed by atoms with Crippen molar-refractivity contribution in [3.05, 3.63) is 40.9 Å². The fourth-order valence-corrected chi connectivity index (χ4v) is 2.08. The third-order valence-electron chi connectivity index (χ3n) is 2.58. The molecule has 0 radical (unpaired) electrons. The molecule has 2 N–H and O–H groups in total. The molecule has 4 nitrogen and oxygen atoms in total. The Hall–Kier alpha value is -1.88. The van der Waals surface area contributed by atoms with Crippen molar-refractivity contribution in [3.63, 3.8) is 0 Å². The number of nitrogens with one attached hydrogen (secondary N) is 2. The molecule has 2 aromatic carbocycles. The quantitative estimate of drug-likeness (QED) is 0.913. The molecule has 0 aromatic heterocycles. The Labute approximate surface area is 119 Å². The van der Waals surface area contributed by atoms with Gasteiger partial charge in [0.25, 0.3) is 0 Å². The van der Waals surface area contributed by atoms with Crippen LogP contribution in [0.1, 0.15) is 6.92 Å². The molecule has 0 spiro atoms. The van der Waals surface area contributed by atoms with Crippen LogP contribution in [0.2, 0.25) is 0 Å². The largest absolute Gasteiger partial charge is 0.347 e. The van der Waals surface area contributed by atoms with Crippen molar-refractivity contribution in [1.29, 1.82) is 0 Å². The predicted molar refractivity (Wildman–Crippen MR) is 79.0 cm³/mol. The maximum Gasteiger partial charge on any atom is 0.243 e. The van der Waals surface area contributed by atoms with E-state index in [0.717, 1.165) is 15.2 Å². The minimum atomic E-state index is -0.244. The Morgan fingerprint density at radius 3 is 2.53 bits per heavy atom. The highest BCUT2D eigenvalue weighted by Crippen LogP contribution is 2.22. The zero-order chi connectivity index (χ0) is 13.8. The summed E-state index contributed by atoms with van der Waals surface area (Å²) < 4.78 is 1.02. The molecule has 0 fully saturated rings. The Bertz CT molecular complexity index is 640. The zero-order valence-corrected chi connectivity index (χ0v) is 12.0. The lowest BCUT2D eigenvalue weighted by molar-refractivity contribution is -0.122. The van der Waals surface area contributed by atoms with Crippen molar-refractivity contribution in [2.24, 2.45) is 0 Å². The van der Waals surface area contributed by atoms with E-state index in [2.05, 4.69) is 26.6 Å². The number of benzene rings is 2. The fourth-order valence-electron chi connectivity index (χ4n) is 1.70. The highest BCUT2D eigenvalue weighted by Gasteiger charge is 2.04. The number of carbonyl (C=O) groups is 2. The summed E-state index contributed by atoms with van der Waals surface area (Å²) in [5.41, 5.74) is 0.713. The fraction of sp³-hybridized carbons (Fsp3) is 0.143. The van der Waals surface area contributed by atoms with Crippen molar-refractivity contribution < 1.29 is 9.59 Å². The highest BCUT2D eigenvalue weighted by molar-refractivity contribution is 9.10. The van der Waals surface area contributed by atoms with Crippen LogP contribution in [-0.4, -0.2) is 18.4 Å². The second kappa shape index (κ2) is 5.84. The maximum absolute atomic E-state index is 11.6. The lowest BCUT2D eigenvalue weighted by atomic mass is 10.1. The Morgan fingerprint density at radius 2 is 1.79 bits per heavy atom. The number of rotatable bonds is 3. The monoisotopic (exact) mass is 320 g/mol. The molecule has 0 unspecified atom stereocenters. The first-order chi connectivity index (χ1) is 9.04. The molecule has 5 heteroatoms. The average molecular weight is 321 g/mol. The Kier molecular flexibility index (Phi) is 4.16. The highest BCUT2D eigenvalue weighted by atomic mass is 79.9. The molecule has 19 heavy (non-hydrogen) atoms. The summed E-state index contributed by atoms with van der Waals surface area (Å²) in [4.78, 5) is 22.3. The van der Waals surface area contributed by atoms with E-state index < -0.39 is 0 Å². The molecule has 0 bridgehead atoms. The number of hydrogen-bond donors (Lipinski definition) is 2. The first-order valence-electron chi connectivity index (χ1n) is 5.78. The van der Waals surface area contributed by atoms with E-state index in [1.165, 1.54) is 6.92 Å². The van der Waals surface area contributed by atoms with Crippen LogP contribution in [0.4, 0.5) is 5.69 Å². The molecule has 2 amide bonds. The van der Waals surface area contributed by atoms with E-state index in [0.29, 0.717) is 5.69 Å². The van der Waals surface area contributed by atoms with Gasteiger partial charge in [0.05, 0.1) is 6.54 Å². The van der Waals surface area contributed by atoms with Crippen molar-refractivity contribution in [3.8, 4) is 0 Å². The summed E-state index contributed by atoms with van der Waals surface area (Å²) in [6, 6.07) is 11.6. The molecule has 2 rings (SSSR count). The zero-order valence-electron chi connectivity index (χ0n) is 10.4. The number of carbonyl (C=O) groups excluding carboxylic acids is 2. The molecule has 0 atom stereocenters. The lowest BCUT2D eigenvalue weighted by Gasteiger charge is -2.07. The average Bonchev–Trinajstić information content (AvgIpc) is 2.36. The van der Waals surface area contributed by atoms with Crippen LogP contribution < -0.4 is 10.6 Å². The number of anilines is 1. The van der Waals surface area contributed by atoms with Gasteiger partial charge in [-0.2, -0.15) is 0 Å². The number of hydrogen-bond acceptors (Lipinski definition) is 2. The first-order valence-corrected chi connectivity index (χ1v) is 6.57. The van der Waals surface area contributed by atoms with E-state index in [1.54, 1.807) is 0 Å². The number of fused-ring (bicyclic) bond motifs is 1. The molecule has 2 aromatic rings. The summed E-state index contributed by atoms with van der Waals surface area (Å²) >= 11 is 3.42. The SMILES string of the molecule is CC(=O)NCC(=O)Nc1ccc2cc(Br)ccc2c1. The van der Waals surface area contributed by atoms with Crippen LogP contribution in [0.3, 0.4) is 0 Å². The van der Waals surface area contributed by atoms with Gasteiger partial charge in [-0.1, -0.05) is 28.1 Å². The summed E-state index contributed by atoms with van der Waals surface area (Å²) in [5, 5.41) is 7.33. The summed E-state index contributed by atoms with van der Waals surface area (Å²) in [6.07, 6.45) is 0. The molecule has 0 aliphatic carbocycles. The molecular formula is C14H13BrN2O2. The van der Waals surface area contributed by atoms with Gasteiger partial charge >= 0.3 is 0 Å². The van der Waals surface area contributed by atoms with Crippen molar-refractivity contribution >= 4 is 44.2 Å². The van der Waals surface area contributed by atoms with E-state index in [1.807, 2.05) is 36.4 Å². The van der Waals surface area contributed by atoms with E-state index in [4.69, 9.17) is 0 Å². The summed E-state index contributed by atoms with van der Waals surface area (Å²) in [6.45, 7) is 1.36. The lowest BCUT2D eigenvalue weighted by Crippen LogP contribution is -2.31. The van der Waals surface area contributed by atoms with E-state index >= 15 is 0 Å². The van der Waals surface area contributed by atoms with Gasteiger partial charge in [-0.3, -0.25) is 9.59 Å². The maximum atomic E-state index is 11.6. The van der Waals surface area contributed by atoms with Crippen LogP contribution in [0.25, 0.3) is 10.8 Å². The molecular weight excluding hydrogens is 308 g/mol. The minimum Gasteiger partial charge on any atom is -0.347 e. The topological polar surface area (TPSA) is 58.2 Å². The molecule has 0 saturated heterocycles. The van der Waals surface area contributed by atoms with Crippen LogP contribution in [0, 0.1) is 0 Å². The third kappa shape index (κ3) is 3.79. The van der Waals surface area contributed by atoms with Gasteiger partial charge in [0, 0.05) is 17.1 Å². The Morgan fingerprint density at radius 1 is 1.11 bits per heavy atom. The molecule has 0 heterocycles.